The van der Waals surface area contributed by atoms with E-state index >= 15 is 0 Å². The fourth-order valence-corrected chi connectivity index (χ4v) is 3.39. The molecule has 0 unspecified atom stereocenters. The number of hydrogen-bond donors (Lipinski definition) is 0. The Bertz CT molecular complexity index is 932. The van der Waals surface area contributed by atoms with E-state index in [0.717, 1.165) is 5.56 Å². The molecule has 0 aromatic heterocycles. The number of ether oxygens (including phenoxy) is 1. The number of carbonyl (C=O) groups is 3. The van der Waals surface area contributed by atoms with Crippen molar-refractivity contribution in [3.63, 3.8) is 0 Å². The van der Waals surface area contributed by atoms with Gasteiger partial charge in [0.15, 0.2) is 0 Å². The summed E-state index contributed by atoms with van der Waals surface area (Å²) in [5.41, 5.74) is 2.05. The maximum atomic E-state index is 13.0. The van der Waals surface area contributed by atoms with E-state index < -0.39 is 0 Å². The van der Waals surface area contributed by atoms with Crippen molar-refractivity contribution in [1.29, 1.82) is 0 Å². The lowest BCUT2D eigenvalue weighted by Gasteiger charge is -2.25. The van der Waals surface area contributed by atoms with Crippen molar-refractivity contribution in [2.24, 2.45) is 0 Å². The van der Waals surface area contributed by atoms with Crippen LogP contribution in [-0.4, -0.2) is 67.5 Å². The number of rotatable bonds is 7. The fourth-order valence-electron chi connectivity index (χ4n) is 3.26. The van der Waals surface area contributed by atoms with Gasteiger partial charge in [0.25, 0.3) is 5.91 Å². The van der Waals surface area contributed by atoms with Crippen LogP contribution in [0.1, 0.15) is 15.9 Å². The Kier molecular flexibility index (Phi) is 7.07. The molecule has 0 radical (unpaired) electrons. The van der Waals surface area contributed by atoms with Crippen molar-refractivity contribution < 1.29 is 19.1 Å². The van der Waals surface area contributed by atoms with E-state index in [-0.39, 0.29) is 44.0 Å². The lowest BCUT2D eigenvalue weighted by molar-refractivity contribution is -0.132. The van der Waals surface area contributed by atoms with Gasteiger partial charge < -0.3 is 14.5 Å². The number of hydrogen-bond acceptors (Lipinski definition) is 4. The van der Waals surface area contributed by atoms with Gasteiger partial charge in [-0.25, -0.2) is 0 Å². The third-order valence-electron chi connectivity index (χ3n) is 4.98. The van der Waals surface area contributed by atoms with Gasteiger partial charge in [0.1, 0.15) is 19.8 Å². The third kappa shape index (κ3) is 4.98. The highest BCUT2D eigenvalue weighted by atomic mass is 35.5. The molecule has 3 amide bonds. The number of nitrogens with zero attached hydrogens (tertiary/aromatic N) is 3. The molecule has 2 aromatic carbocycles. The number of benzene rings is 2. The predicted molar refractivity (Wildman–Crippen MR) is 114 cm³/mol. The second-order valence-electron chi connectivity index (χ2n) is 7.07. The van der Waals surface area contributed by atoms with Gasteiger partial charge in [-0.1, -0.05) is 29.8 Å². The molecule has 0 atom stereocenters. The normalized spacial score (nSPS) is 13.6. The quantitative estimate of drug-likeness (QED) is 0.678. The molecule has 3 rings (SSSR count). The van der Waals surface area contributed by atoms with E-state index in [2.05, 4.69) is 0 Å². The molecular weight excluding hydrogens is 406 g/mol. The van der Waals surface area contributed by atoms with Crippen LogP contribution in [0.5, 0.6) is 0 Å². The summed E-state index contributed by atoms with van der Waals surface area (Å²) >= 11 is 5.91. The average Bonchev–Trinajstić information content (AvgIpc) is 3.13. The van der Waals surface area contributed by atoms with E-state index in [4.69, 9.17) is 16.3 Å². The number of aryl methyl sites for hydroxylation is 1. The number of amides is 3. The molecule has 1 heterocycles. The minimum absolute atomic E-state index is 0.0296. The molecule has 7 nitrogen and oxygen atoms in total. The fraction of sp³-hybridized carbons (Fsp3) is 0.318. The SMILES string of the molecule is COCCN(CC(=O)N1CC(=O)N(c2ccc(Cl)cc2)C1)C(=O)c1ccccc1C. The van der Waals surface area contributed by atoms with Crippen LogP contribution in [0.15, 0.2) is 48.5 Å². The Morgan fingerprint density at radius 3 is 2.50 bits per heavy atom. The standard InChI is InChI=1S/C22H24ClN3O4/c1-16-5-3-4-6-19(16)22(29)24(11-12-30-2)13-20(27)25-14-21(28)26(15-25)18-9-7-17(23)8-10-18/h3-10H,11-15H2,1-2H3. The van der Waals surface area contributed by atoms with Crippen molar-refractivity contribution >= 4 is 35.0 Å². The average molecular weight is 430 g/mol. The zero-order chi connectivity index (χ0) is 21.7. The van der Waals surface area contributed by atoms with E-state index in [0.29, 0.717) is 22.9 Å². The molecule has 0 N–H and O–H groups in total. The Hall–Kier alpha value is -2.90. The maximum absolute atomic E-state index is 13.0. The van der Waals surface area contributed by atoms with Gasteiger partial charge in [0, 0.05) is 29.9 Å². The van der Waals surface area contributed by atoms with Crippen LogP contribution in [0, 0.1) is 6.92 Å². The van der Waals surface area contributed by atoms with Crippen molar-refractivity contribution in [3.05, 3.63) is 64.7 Å². The van der Waals surface area contributed by atoms with Crippen molar-refractivity contribution in [2.75, 3.05) is 44.9 Å². The minimum atomic E-state index is -0.294. The van der Waals surface area contributed by atoms with Gasteiger partial charge >= 0.3 is 0 Å². The van der Waals surface area contributed by atoms with Crippen LogP contribution >= 0.6 is 11.6 Å². The van der Waals surface area contributed by atoms with Gasteiger partial charge in [0.2, 0.25) is 11.8 Å². The smallest absolute Gasteiger partial charge is 0.254 e. The van der Waals surface area contributed by atoms with E-state index in [1.165, 1.54) is 14.7 Å². The Morgan fingerprint density at radius 2 is 1.83 bits per heavy atom. The number of halogens is 1. The Morgan fingerprint density at radius 1 is 1.13 bits per heavy atom. The molecule has 0 bridgehead atoms. The lowest BCUT2D eigenvalue weighted by Crippen LogP contribution is -2.44. The second kappa shape index (κ2) is 9.73. The summed E-state index contributed by atoms with van der Waals surface area (Å²) in [5, 5.41) is 0.571. The lowest BCUT2D eigenvalue weighted by atomic mass is 10.1. The Labute approximate surface area is 180 Å². The molecular formula is C22H24ClN3O4. The molecule has 0 aliphatic carbocycles. The van der Waals surface area contributed by atoms with Crippen LogP contribution in [0.4, 0.5) is 5.69 Å². The monoisotopic (exact) mass is 429 g/mol. The molecule has 1 aliphatic heterocycles. The third-order valence-corrected chi connectivity index (χ3v) is 5.24. The maximum Gasteiger partial charge on any atom is 0.254 e. The van der Waals surface area contributed by atoms with Crippen LogP contribution in [-0.2, 0) is 14.3 Å². The minimum Gasteiger partial charge on any atom is -0.383 e. The summed E-state index contributed by atoms with van der Waals surface area (Å²) in [6.45, 7) is 2.41. The van der Waals surface area contributed by atoms with E-state index in [1.807, 2.05) is 19.1 Å². The van der Waals surface area contributed by atoms with Gasteiger partial charge in [-0.3, -0.25) is 19.3 Å². The summed E-state index contributed by atoms with van der Waals surface area (Å²) in [4.78, 5) is 42.8. The first-order chi connectivity index (χ1) is 14.4. The first-order valence-corrected chi connectivity index (χ1v) is 9.96. The molecule has 0 spiro atoms. The van der Waals surface area contributed by atoms with Crippen LogP contribution < -0.4 is 4.90 Å². The molecule has 8 heteroatoms. The van der Waals surface area contributed by atoms with E-state index in [1.54, 1.807) is 43.5 Å². The first-order valence-electron chi connectivity index (χ1n) is 9.58. The molecule has 0 saturated carbocycles. The Balaban J connectivity index is 1.71. The van der Waals surface area contributed by atoms with Crippen LogP contribution in [0.3, 0.4) is 0 Å². The van der Waals surface area contributed by atoms with Crippen molar-refractivity contribution in [2.45, 2.75) is 6.92 Å². The molecule has 1 saturated heterocycles. The summed E-state index contributed by atoms with van der Waals surface area (Å²) in [5.74, 6) is -0.712. The first kappa shape index (κ1) is 21.8. The summed E-state index contributed by atoms with van der Waals surface area (Å²) < 4.78 is 5.11. The van der Waals surface area contributed by atoms with Gasteiger partial charge in [0.05, 0.1) is 6.61 Å². The number of methoxy groups -OCH3 is 1. The number of carbonyl (C=O) groups excluding carboxylic acids is 3. The zero-order valence-corrected chi connectivity index (χ0v) is 17.8. The van der Waals surface area contributed by atoms with Gasteiger partial charge in [-0.2, -0.15) is 0 Å². The summed E-state index contributed by atoms with van der Waals surface area (Å²) in [6, 6.07) is 14.1. The molecule has 2 aromatic rings. The molecule has 30 heavy (non-hydrogen) atoms. The van der Waals surface area contributed by atoms with Crippen LogP contribution in [0.25, 0.3) is 0 Å². The second-order valence-corrected chi connectivity index (χ2v) is 7.50. The zero-order valence-electron chi connectivity index (χ0n) is 17.0. The van der Waals surface area contributed by atoms with Crippen molar-refractivity contribution in [3.8, 4) is 0 Å². The van der Waals surface area contributed by atoms with E-state index in [9.17, 15) is 14.4 Å². The molecule has 1 fully saturated rings. The van der Waals surface area contributed by atoms with Gasteiger partial charge in [-0.05, 0) is 42.8 Å². The highest BCUT2D eigenvalue weighted by Gasteiger charge is 2.33. The molecule has 1 aliphatic rings. The summed E-state index contributed by atoms with van der Waals surface area (Å²) in [6.07, 6.45) is 0. The van der Waals surface area contributed by atoms with Gasteiger partial charge in [-0.15, -0.1) is 0 Å². The summed E-state index contributed by atoms with van der Waals surface area (Å²) in [7, 11) is 1.54. The topological polar surface area (TPSA) is 70.2 Å². The predicted octanol–water partition coefficient (Wildman–Crippen LogP) is 2.57. The van der Waals surface area contributed by atoms with Crippen molar-refractivity contribution in [1.82, 2.24) is 9.80 Å². The number of anilines is 1. The highest BCUT2D eigenvalue weighted by Crippen LogP contribution is 2.22. The largest absolute Gasteiger partial charge is 0.383 e. The molecule has 158 valence electrons. The van der Waals surface area contributed by atoms with Crippen LogP contribution in [0.2, 0.25) is 5.02 Å². The highest BCUT2D eigenvalue weighted by molar-refractivity contribution is 6.30.